The number of ether oxygens (including phenoxy) is 1. The number of benzene rings is 1. The third-order valence-corrected chi connectivity index (χ3v) is 4.65. The lowest BCUT2D eigenvalue weighted by Gasteiger charge is -2.31. The number of thiol groups is 1. The van der Waals surface area contributed by atoms with E-state index in [0.29, 0.717) is 5.92 Å². The third kappa shape index (κ3) is 4.13. The molecule has 3 heteroatoms. The number of carbonyl (C=O) groups excluding carboxylic acids is 1. The standard InChI is InChI=1S/C18H24O2S/c1-4-13-5-7-14(8-6-13)17(19)20-18(2,3)15-9-11-16(21)12-10-15/h4,9-14,21H,1,5-8H2,2-3H3. The van der Waals surface area contributed by atoms with E-state index in [9.17, 15) is 4.79 Å². The zero-order chi connectivity index (χ0) is 15.5. The molecule has 0 saturated heterocycles. The number of allylic oxidation sites excluding steroid dienone is 1. The maximum absolute atomic E-state index is 12.4. The first-order chi connectivity index (χ1) is 9.92. The second kappa shape index (κ2) is 6.69. The van der Waals surface area contributed by atoms with Crippen LogP contribution in [0.5, 0.6) is 0 Å². The molecule has 0 radical (unpaired) electrons. The summed E-state index contributed by atoms with van der Waals surface area (Å²) in [4.78, 5) is 13.3. The van der Waals surface area contributed by atoms with Crippen LogP contribution in [0.15, 0.2) is 41.8 Å². The van der Waals surface area contributed by atoms with E-state index in [4.69, 9.17) is 4.74 Å². The fourth-order valence-corrected chi connectivity index (χ4v) is 3.00. The van der Waals surface area contributed by atoms with E-state index < -0.39 is 5.60 Å². The lowest BCUT2D eigenvalue weighted by Crippen LogP contribution is -2.31. The van der Waals surface area contributed by atoms with Crippen molar-refractivity contribution in [3.63, 3.8) is 0 Å². The van der Waals surface area contributed by atoms with Gasteiger partial charge in [0.25, 0.3) is 0 Å². The summed E-state index contributed by atoms with van der Waals surface area (Å²) in [6, 6.07) is 7.76. The predicted molar refractivity (Wildman–Crippen MR) is 88.5 cm³/mol. The lowest BCUT2D eigenvalue weighted by atomic mass is 9.82. The Bertz CT molecular complexity index is 496. The maximum atomic E-state index is 12.4. The van der Waals surface area contributed by atoms with Crippen molar-refractivity contribution < 1.29 is 9.53 Å². The highest BCUT2D eigenvalue weighted by atomic mass is 32.1. The highest BCUT2D eigenvalue weighted by molar-refractivity contribution is 7.80. The van der Waals surface area contributed by atoms with Gasteiger partial charge in [-0.3, -0.25) is 4.79 Å². The van der Waals surface area contributed by atoms with Gasteiger partial charge in [0, 0.05) is 4.90 Å². The maximum Gasteiger partial charge on any atom is 0.309 e. The van der Waals surface area contributed by atoms with Gasteiger partial charge in [-0.2, -0.15) is 0 Å². The Morgan fingerprint density at radius 2 is 1.81 bits per heavy atom. The lowest BCUT2D eigenvalue weighted by molar-refractivity contribution is -0.164. The fraction of sp³-hybridized carbons (Fsp3) is 0.500. The summed E-state index contributed by atoms with van der Waals surface area (Å²) in [6.45, 7) is 7.71. The van der Waals surface area contributed by atoms with Crippen LogP contribution >= 0.6 is 12.6 Å². The van der Waals surface area contributed by atoms with Crippen LogP contribution in [-0.4, -0.2) is 5.97 Å². The van der Waals surface area contributed by atoms with Crippen molar-refractivity contribution in [3.05, 3.63) is 42.5 Å². The van der Waals surface area contributed by atoms with Crippen molar-refractivity contribution in [2.45, 2.75) is 50.0 Å². The first kappa shape index (κ1) is 16.2. The molecule has 0 atom stereocenters. The third-order valence-electron chi connectivity index (χ3n) is 4.36. The van der Waals surface area contributed by atoms with Crippen molar-refractivity contribution in [2.24, 2.45) is 11.8 Å². The normalized spacial score (nSPS) is 22.6. The van der Waals surface area contributed by atoms with Gasteiger partial charge in [-0.1, -0.05) is 18.2 Å². The van der Waals surface area contributed by atoms with Crippen molar-refractivity contribution in [1.29, 1.82) is 0 Å². The summed E-state index contributed by atoms with van der Waals surface area (Å²) in [5, 5.41) is 0. The van der Waals surface area contributed by atoms with Crippen molar-refractivity contribution >= 4 is 18.6 Å². The molecule has 114 valence electrons. The van der Waals surface area contributed by atoms with E-state index in [-0.39, 0.29) is 11.9 Å². The summed E-state index contributed by atoms with van der Waals surface area (Å²) >= 11 is 4.28. The summed E-state index contributed by atoms with van der Waals surface area (Å²) in [6.07, 6.45) is 5.89. The van der Waals surface area contributed by atoms with E-state index in [2.05, 4.69) is 19.2 Å². The molecule has 21 heavy (non-hydrogen) atoms. The summed E-state index contributed by atoms with van der Waals surface area (Å²) in [5.74, 6) is 0.520. The Morgan fingerprint density at radius 3 is 2.33 bits per heavy atom. The van der Waals surface area contributed by atoms with Gasteiger partial charge in [-0.15, -0.1) is 19.2 Å². The highest BCUT2D eigenvalue weighted by Gasteiger charge is 2.31. The topological polar surface area (TPSA) is 26.3 Å². The zero-order valence-electron chi connectivity index (χ0n) is 12.8. The monoisotopic (exact) mass is 304 g/mol. The Kier molecular flexibility index (Phi) is 5.15. The molecule has 1 aliphatic rings. The molecule has 1 aromatic carbocycles. The quantitative estimate of drug-likeness (QED) is 0.494. The van der Waals surface area contributed by atoms with Gasteiger partial charge in [-0.05, 0) is 63.1 Å². The van der Waals surface area contributed by atoms with Crippen LogP contribution in [-0.2, 0) is 15.1 Å². The zero-order valence-corrected chi connectivity index (χ0v) is 13.7. The smallest absolute Gasteiger partial charge is 0.309 e. The van der Waals surface area contributed by atoms with Crippen molar-refractivity contribution in [3.8, 4) is 0 Å². The molecule has 0 aliphatic heterocycles. The Morgan fingerprint density at radius 1 is 1.24 bits per heavy atom. The van der Waals surface area contributed by atoms with Crippen LogP contribution in [0.2, 0.25) is 0 Å². The highest BCUT2D eigenvalue weighted by Crippen LogP contribution is 2.33. The molecule has 0 unspecified atom stereocenters. The summed E-state index contributed by atoms with van der Waals surface area (Å²) < 4.78 is 5.78. The largest absolute Gasteiger partial charge is 0.455 e. The number of esters is 1. The van der Waals surface area contributed by atoms with Gasteiger partial charge in [0.05, 0.1) is 5.92 Å². The van der Waals surface area contributed by atoms with E-state index in [1.807, 2.05) is 44.2 Å². The summed E-state index contributed by atoms with van der Waals surface area (Å²) in [7, 11) is 0. The molecule has 2 rings (SSSR count). The molecule has 0 aromatic heterocycles. The molecule has 1 fully saturated rings. The minimum absolute atomic E-state index is 0.0321. The van der Waals surface area contributed by atoms with Crippen LogP contribution in [0.3, 0.4) is 0 Å². The van der Waals surface area contributed by atoms with E-state index >= 15 is 0 Å². The Labute approximate surface area is 133 Å². The molecule has 1 aliphatic carbocycles. The van der Waals surface area contributed by atoms with Crippen LogP contribution in [0, 0.1) is 11.8 Å². The second-order valence-electron chi connectivity index (χ2n) is 6.33. The molecule has 1 saturated carbocycles. The molecule has 0 N–H and O–H groups in total. The molecule has 0 bridgehead atoms. The number of hydrogen-bond acceptors (Lipinski definition) is 3. The molecule has 0 spiro atoms. The molecule has 0 amide bonds. The molecule has 0 heterocycles. The Balaban J connectivity index is 1.98. The van der Waals surface area contributed by atoms with E-state index in [0.717, 1.165) is 36.1 Å². The molecule has 2 nitrogen and oxygen atoms in total. The summed E-state index contributed by atoms with van der Waals surface area (Å²) in [5.41, 5.74) is 0.391. The van der Waals surface area contributed by atoms with Crippen LogP contribution in [0.4, 0.5) is 0 Å². The van der Waals surface area contributed by atoms with E-state index in [1.54, 1.807) is 0 Å². The fourth-order valence-electron chi connectivity index (χ4n) is 2.85. The van der Waals surface area contributed by atoms with Gasteiger partial charge in [-0.25, -0.2) is 0 Å². The number of hydrogen-bond donors (Lipinski definition) is 1. The molecule has 1 aromatic rings. The second-order valence-corrected chi connectivity index (χ2v) is 6.84. The first-order valence-electron chi connectivity index (χ1n) is 7.57. The SMILES string of the molecule is C=CC1CCC(C(=O)OC(C)(C)c2ccc(S)cc2)CC1. The van der Waals surface area contributed by atoms with Gasteiger partial charge in [0.1, 0.15) is 5.60 Å². The van der Waals surface area contributed by atoms with Crippen LogP contribution in [0.1, 0.15) is 45.1 Å². The van der Waals surface area contributed by atoms with Gasteiger partial charge in [0.15, 0.2) is 0 Å². The molecular weight excluding hydrogens is 280 g/mol. The number of rotatable bonds is 4. The minimum Gasteiger partial charge on any atom is -0.455 e. The van der Waals surface area contributed by atoms with Gasteiger partial charge >= 0.3 is 5.97 Å². The Hall–Kier alpha value is -1.22. The predicted octanol–water partition coefficient (Wildman–Crippen LogP) is 4.75. The average molecular weight is 304 g/mol. The van der Waals surface area contributed by atoms with Crippen LogP contribution < -0.4 is 0 Å². The minimum atomic E-state index is -0.603. The number of carbonyl (C=O) groups is 1. The first-order valence-corrected chi connectivity index (χ1v) is 8.02. The van der Waals surface area contributed by atoms with E-state index in [1.165, 1.54) is 0 Å². The molecular formula is C18H24O2S. The van der Waals surface area contributed by atoms with Crippen LogP contribution in [0.25, 0.3) is 0 Å². The average Bonchev–Trinajstić information content (AvgIpc) is 2.47. The van der Waals surface area contributed by atoms with Gasteiger partial charge in [0.2, 0.25) is 0 Å². The van der Waals surface area contributed by atoms with Crippen molar-refractivity contribution in [1.82, 2.24) is 0 Å². The van der Waals surface area contributed by atoms with Crippen molar-refractivity contribution in [2.75, 3.05) is 0 Å². The van der Waals surface area contributed by atoms with Gasteiger partial charge < -0.3 is 4.74 Å².